The van der Waals surface area contributed by atoms with Crippen LogP contribution >= 0.6 is 0 Å². The van der Waals surface area contributed by atoms with Gasteiger partial charge in [0.1, 0.15) is 12.8 Å². The van der Waals surface area contributed by atoms with Crippen molar-refractivity contribution in [1.82, 2.24) is 10.6 Å². The van der Waals surface area contributed by atoms with Crippen molar-refractivity contribution >= 4 is 11.8 Å². The zero-order chi connectivity index (χ0) is 21.6. The van der Waals surface area contributed by atoms with E-state index >= 15 is 0 Å². The summed E-state index contributed by atoms with van der Waals surface area (Å²) in [4.78, 5) is 21.8. The summed E-state index contributed by atoms with van der Waals surface area (Å²) in [5, 5.41) is 5.20. The Morgan fingerprint density at radius 3 is 2.00 bits per heavy atom. The van der Waals surface area contributed by atoms with E-state index in [9.17, 15) is 14.0 Å². The summed E-state index contributed by atoms with van der Waals surface area (Å²) < 4.78 is 34.3. The Labute approximate surface area is 174 Å². The second-order valence-electron chi connectivity index (χ2n) is 6.74. The Balaban J connectivity index is 3.13. The normalized spacial score (nSPS) is 12.0. The van der Waals surface area contributed by atoms with Gasteiger partial charge in [-0.15, -0.1) is 0 Å². The Morgan fingerprint density at radius 2 is 1.41 bits per heavy atom. The van der Waals surface area contributed by atoms with E-state index in [1.54, 1.807) is 0 Å². The third kappa shape index (κ3) is 22.9. The molecular formula is C20H39FN2O6. The summed E-state index contributed by atoms with van der Waals surface area (Å²) in [6.07, 6.45) is 4.49. The van der Waals surface area contributed by atoms with Crippen LogP contribution in [0.1, 0.15) is 45.4 Å². The average molecular weight is 423 g/mol. The number of rotatable bonds is 21. The SMILES string of the molecule is COCC(=O)NCCCCCOCCOCCCCCOCC(F)CNC(C)=O. The molecule has 0 fully saturated rings. The molecule has 1 unspecified atom stereocenters. The van der Waals surface area contributed by atoms with Crippen molar-refractivity contribution in [2.75, 3.05) is 66.4 Å². The van der Waals surface area contributed by atoms with Gasteiger partial charge in [-0.2, -0.15) is 0 Å². The summed E-state index contributed by atoms with van der Waals surface area (Å²) in [5.74, 6) is -0.320. The number of amides is 2. The molecule has 0 saturated heterocycles. The summed E-state index contributed by atoms with van der Waals surface area (Å²) in [6, 6.07) is 0. The number of alkyl halides is 1. The molecule has 9 heteroatoms. The first-order chi connectivity index (χ1) is 14.1. The fraction of sp³-hybridized carbons (Fsp3) is 0.900. The third-order valence-electron chi connectivity index (χ3n) is 3.88. The highest BCUT2D eigenvalue weighted by Gasteiger charge is 2.06. The van der Waals surface area contributed by atoms with E-state index in [1.165, 1.54) is 14.0 Å². The smallest absolute Gasteiger partial charge is 0.245 e. The van der Waals surface area contributed by atoms with Crippen molar-refractivity contribution < 1.29 is 32.9 Å². The largest absolute Gasteiger partial charge is 0.379 e. The number of unbranched alkanes of at least 4 members (excludes halogenated alkanes) is 4. The van der Waals surface area contributed by atoms with Crippen LogP contribution in [0, 0.1) is 0 Å². The van der Waals surface area contributed by atoms with Gasteiger partial charge in [-0.05, 0) is 38.5 Å². The zero-order valence-electron chi connectivity index (χ0n) is 18.0. The van der Waals surface area contributed by atoms with Crippen LogP contribution in [-0.4, -0.2) is 84.4 Å². The number of hydrogen-bond donors (Lipinski definition) is 2. The fourth-order valence-electron chi connectivity index (χ4n) is 2.35. The molecule has 0 aliphatic rings. The zero-order valence-corrected chi connectivity index (χ0v) is 18.0. The second kappa shape index (κ2) is 21.4. The van der Waals surface area contributed by atoms with Gasteiger partial charge in [0.05, 0.1) is 26.4 Å². The van der Waals surface area contributed by atoms with Crippen LogP contribution in [0.2, 0.25) is 0 Å². The molecule has 0 bridgehead atoms. The minimum atomic E-state index is -1.16. The molecule has 0 aliphatic carbocycles. The fourth-order valence-corrected chi connectivity index (χ4v) is 2.35. The van der Waals surface area contributed by atoms with Gasteiger partial charge in [0.25, 0.3) is 0 Å². The van der Waals surface area contributed by atoms with Gasteiger partial charge in [0, 0.05) is 40.4 Å². The number of methoxy groups -OCH3 is 1. The Bertz CT molecular complexity index is 401. The van der Waals surface area contributed by atoms with E-state index in [4.69, 9.17) is 18.9 Å². The lowest BCUT2D eigenvalue weighted by atomic mass is 10.2. The van der Waals surface area contributed by atoms with E-state index in [2.05, 4.69) is 10.6 Å². The lowest BCUT2D eigenvalue weighted by Crippen LogP contribution is -2.30. The van der Waals surface area contributed by atoms with E-state index in [-0.39, 0.29) is 31.6 Å². The van der Waals surface area contributed by atoms with Crippen LogP contribution in [0.5, 0.6) is 0 Å². The number of halogens is 1. The van der Waals surface area contributed by atoms with Crippen LogP contribution in [0.25, 0.3) is 0 Å². The third-order valence-corrected chi connectivity index (χ3v) is 3.88. The Morgan fingerprint density at radius 1 is 0.828 bits per heavy atom. The van der Waals surface area contributed by atoms with E-state index in [0.29, 0.717) is 39.6 Å². The predicted octanol–water partition coefficient (Wildman–Crippen LogP) is 1.61. The molecule has 172 valence electrons. The molecule has 1 atom stereocenters. The van der Waals surface area contributed by atoms with Crippen molar-refractivity contribution in [3.8, 4) is 0 Å². The van der Waals surface area contributed by atoms with Gasteiger partial charge < -0.3 is 29.6 Å². The van der Waals surface area contributed by atoms with Crippen molar-refractivity contribution in [2.45, 2.75) is 51.6 Å². The molecule has 0 rings (SSSR count). The van der Waals surface area contributed by atoms with Crippen LogP contribution in [0.3, 0.4) is 0 Å². The lowest BCUT2D eigenvalue weighted by molar-refractivity contribution is -0.124. The Hall–Kier alpha value is -1.29. The van der Waals surface area contributed by atoms with Gasteiger partial charge in [0.15, 0.2) is 0 Å². The molecule has 0 aromatic heterocycles. The molecule has 2 amide bonds. The predicted molar refractivity (Wildman–Crippen MR) is 109 cm³/mol. The Kier molecular flexibility index (Phi) is 20.5. The molecule has 0 spiro atoms. The van der Waals surface area contributed by atoms with Crippen molar-refractivity contribution in [2.24, 2.45) is 0 Å². The number of ether oxygens (including phenoxy) is 4. The number of carbonyl (C=O) groups is 2. The van der Waals surface area contributed by atoms with E-state index < -0.39 is 6.17 Å². The molecule has 0 radical (unpaired) electrons. The van der Waals surface area contributed by atoms with Crippen molar-refractivity contribution in [3.63, 3.8) is 0 Å². The highest BCUT2D eigenvalue weighted by Crippen LogP contribution is 1.99. The van der Waals surface area contributed by atoms with Crippen LogP contribution in [-0.2, 0) is 28.5 Å². The maximum Gasteiger partial charge on any atom is 0.245 e. The standard InChI is InChI=1S/C20H39FN2O6/c1-18(24)23-15-19(21)16-29-12-8-4-7-11-28-14-13-27-10-6-3-5-9-22-20(25)17-26-2/h19H,3-17H2,1-2H3,(H,22,25)(H,23,24). The first kappa shape index (κ1) is 27.7. The van der Waals surface area contributed by atoms with Crippen molar-refractivity contribution in [3.05, 3.63) is 0 Å². The van der Waals surface area contributed by atoms with Crippen LogP contribution < -0.4 is 10.6 Å². The highest BCUT2D eigenvalue weighted by atomic mass is 19.1. The molecule has 0 aromatic carbocycles. The van der Waals surface area contributed by atoms with Gasteiger partial charge in [-0.1, -0.05) is 0 Å². The highest BCUT2D eigenvalue weighted by molar-refractivity contribution is 5.77. The quantitative estimate of drug-likeness (QED) is 0.273. The van der Waals surface area contributed by atoms with Crippen molar-refractivity contribution in [1.29, 1.82) is 0 Å². The van der Waals surface area contributed by atoms with E-state index in [0.717, 1.165) is 38.5 Å². The molecule has 0 heterocycles. The molecule has 0 saturated carbocycles. The maximum atomic E-state index is 13.3. The van der Waals surface area contributed by atoms with Gasteiger partial charge in [-0.25, -0.2) is 4.39 Å². The minimum Gasteiger partial charge on any atom is -0.379 e. The number of hydrogen-bond acceptors (Lipinski definition) is 6. The van der Waals surface area contributed by atoms with Gasteiger partial charge >= 0.3 is 0 Å². The molecule has 0 aliphatic heterocycles. The molecular weight excluding hydrogens is 383 g/mol. The van der Waals surface area contributed by atoms with Gasteiger partial charge in [-0.3, -0.25) is 9.59 Å². The monoisotopic (exact) mass is 422 g/mol. The van der Waals surface area contributed by atoms with E-state index in [1.807, 2.05) is 0 Å². The van der Waals surface area contributed by atoms with Crippen LogP contribution in [0.4, 0.5) is 4.39 Å². The minimum absolute atomic E-state index is 0.00164. The topological polar surface area (TPSA) is 95.1 Å². The summed E-state index contributed by atoms with van der Waals surface area (Å²) in [6.45, 7) is 5.20. The first-order valence-corrected chi connectivity index (χ1v) is 10.4. The molecule has 8 nitrogen and oxygen atoms in total. The molecule has 0 aromatic rings. The summed E-state index contributed by atoms with van der Waals surface area (Å²) in [7, 11) is 1.50. The first-order valence-electron chi connectivity index (χ1n) is 10.4. The maximum absolute atomic E-state index is 13.3. The van der Waals surface area contributed by atoms with Gasteiger partial charge in [0.2, 0.25) is 11.8 Å². The average Bonchev–Trinajstić information content (AvgIpc) is 2.68. The molecule has 2 N–H and O–H groups in total. The second-order valence-corrected chi connectivity index (χ2v) is 6.74. The van der Waals surface area contributed by atoms with Crippen LogP contribution in [0.15, 0.2) is 0 Å². The number of nitrogens with one attached hydrogen (secondary N) is 2. The molecule has 29 heavy (non-hydrogen) atoms. The summed E-state index contributed by atoms with van der Waals surface area (Å²) in [5.41, 5.74) is 0. The summed E-state index contributed by atoms with van der Waals surface area (Å²) >= 11 is 0. The lowest BCUT2D eigenvalue weighted by Gasteiger charge is -2.09. The number of carbonyl (C=O) groups excluding carboxylic acids is 2.